The fourth-order valence-corrected chi connectivity index (χ4v) is 4.83. The number of rotatable bonds is 4. The number of hydrogen-bond donors (Lipinski definition) is 2. The first-order chi connectivity index (χ1) is 11.4. The average Bonchev–Trinajstić information content (AvgIpc) is 2.87. The molecule has 0 saturated carbocycles. The fourth-order valence-electron chi connectivity index (χ4n) is 3.03. The molecular formula is C15H22N6O2S. The standard InChI is InChI=1S/C15H22N6O2S/c1-10-8-14(17-9-16-10)18-13-4-6-21(7-5-13)24(22,23)15-11(2)19-20-12(15)3/h8-9,13H,4-7H2,1-3H3,(H,19,20)(H,16,17,18). The molecule has 0 atom stereocenters. The van der Waals surface area contributed by atoms with Crippen LogP contribution in [0.15, 0.2) is 17.3 Å². The van der Waals surface area contributed by atoms with Crippen LogP contribution in [0.4, 0.5) is 5.82 Å². The molecule has 8 nitrogen and oxygen atoms in total. The summed E-state index contributed by atoms with van der Waals surface area (Å²) in [5, 5.41) is 10.1. The molecule has 0 bridgehead atoms. The Bertz CT molecular complexity index is 805. The van der Waals surface area contributed by atoms with Crippen molar-refractivity contribution in [3.05, 3.63) is 29.5 Å². The van der Waals surface area contributed by atoms with Crippen LogP contribution in [-0.2, 0) is 10.0 Å². The number of nitrogens with one attached hydrogen (secondary N) is 2. The first-order valence-electron chi connectivity index (χ1n) is 7.95. The van der Waals surface area contributed by atoms with Gasteiger partial charge in [0.25, 0.3) is 0 Å². The average molecular weight is 350 g/mol. The summed E-state index contributed by atoms with van der Waals surface area (Å²) < 4.78 is 27.2. The predicted octanol–water partition coefficient (Wildman–Crippen LogP) is 1.39. The zero-order valence-corrected chi connectivity index (χ0v) is 14.9. The summed E-state index contributed by atoms with van der Waals surface area (Å²) in [5.74, 6) is 0.783. The van der Waals surface area contributed by atoms with Crippen LogP contribution in [0.25, 0.3) is 0 Å². The van der Waals surface area contributed by atoms with Crippen molar-refractivity contribution >= 4 is 15.8 Å². The van der Waals surface area contributed by atoms with Crippen LogP contribution < -0.4 is 5.32 Å². The molecule has 1 aliphatic rings. The highest BCUT2D eigenvalue weighted by atomic mass is 32.2. The maximum atomic E-state index is 12.8. The molecule has 0 aliphatic carbocycles. The van der Waals surface area contributed by atoms with E-state index in [1.165, 1.54) is 6.33 Å². The Labute approximate surface area is 141 Å². The third-order valence-electron chi connectivity index (χ3n) is 4.27. The van der Waals surface area contributed by atoms with Gasteiger partial charge in [-0.25, -0.2) is 18.4 Å². The Balaban J connectivity index is 1.67. The number of aromatic amines is 1. The molecule has 0 unspecified atom stereocenters. The molecule has 1 fully saturated rings. The molecule has 2 aromatic rings. The fraction of sp³-hybridized carbons (Fsp3) is 0.533. The molecule has 9 heteroatoms. The number of aryl methyl sites for hydroxylation is 3. The van der Waals surface area contributed by atoms with Gasteiger partial charge in [-0.2, -0.15) is 9.40 Å². The van der Waals surface area contributed by atoms with Crippen LogP contribution in [0.1, 0.15) is 29.9 Å². The van der Waals surface area contributed by atoms with Crippen LogP contribution in [0.3, 0.4) is 0 Å². The van der Waals surface area contributed by atoms with Crippen LogP contribution in [0, 0.1) is 20.8 Å². The van der Waals surface area contributed by atoms with E-state index in [9.17, 15) is 8.42 Å². The molecule has 3 rings (SSSR count). The van der Waals surface area contributed by atoms with E-state index in [1.54, 1.807) is 18.2 Å². The van der Waals surface area contributed by atoms with E-state index >= 15 is 0 Å². The summed E-state index contributed by atoms with van der Waals surface area (Å²) >= 11 is 0. The number of hydrogen-bond acceptors (Lipinski definition) is 6. The van der Waals surface area contributed by atoms with E-state index in [2.05, 4.69) is 25.5 Å². The Kier molecular flexibility index (Phi) is 4.55. The number of nitrogens with zero attached hydrogens (tertiary/aromatic N) is 4. The lowest BCUT2D eigenvalue weighted by molar-refractivity contribution is 0.329. The summed E-state index contributed by atoms with van der Waals surface area (Å²) in [7, 11) is -3.50. The minimum absolute atomic E-state index is 0.206. The van der Waals surface area contributed by atoms with Crippen molar-refractivity contribution in [3.63, 3.8) is 0 Å². The number of H-pyrrole nitrogens is 1. The summed E-state index contributed by atoms with van der Waals surface area (Å²) in [6.45, 7) is 6.32. The largest absolute Gasteiger partial charge is 0.367 e. The van der Waals surface area contributed by atoms with Crippen molar-refractivity contribution in [1.29, 1.82) is 0 Å². The highest BCUT2D eigenvalue weighted by molar-refractivity contribution is 7.89. The van der Waals surface area contributed by atoms with Crippen molar-refractivity contribution in [2.75, 3.05) is 18.4 Å². The minimum atomic E-state index is -3.50. The minimum Gasteiger partial charge on any atom is -0.367 e. The van der Waals surface area contributed by atoms with Crippen LogP contribution in [-0.4, -0.2) is 52.0 Å². The van der Waals surface area contributed by atoms with Crippen molar-refractivity contribution < 1.29 is 8.42 Å². The smallest absolute Gasteiger partial charge is 0.246 e. The molecule has 2 N–H and O–H groups in total. The quantitative estimate of drug-likeness (QED) is 0.863. The van der Waals surface area contributed by atoms with Crippen LogP contribution in [0.5, 0.6) is 0 Å². The normalized spacial score (nSPS) is 17.1. The van der Waals surface area contributed by atoms with E-state index in [1.807, 2.05) is 13.0 Å². The molecule has 130 valence electrons. The Morgan fingerprint density at radius 3 is 2.50 bits per heavy atom. The summed E-state index contributed by atoms with van der Waals surface area (Å²) in [6.07, 6.45) is 3.00. The SMILES string of the molecule is Cc1cc(NC2CCN(S(=O)(=O)c3c(C)n[nH]c3C)CC2)ncn1. The van der Waals surface area contributed by atoms with Gasteiger partial charge in [-0.1, -0.05) is 0 Å². The van der Waals surface area contributed by atoms with Crippen LogP contribution in [0.2, 0.25) is 0 Å². The third kappa shape index (κ3) is 3.27. The van der Waals surface area contributed by atoms with E-state index < -0.39 is 10.0 Å². The summed E-state index contributed by atoms with van der Waals surface area (Å²) in [6, 6.07) is 2.10. The third-order valence-corrected chi connectivity index (χ3v) is 6.43. The molecule has 0 amide bonds. The number of anilines is 1. The molecule has 1 aliphatic heterocycles. The van der Waals surface area contributed by atoms with E-state index in [4.69, 9.17) is 0 Å². The van der Waals surface area contributed by atoms with Gasteiger partial charge >= 0.3 is 0 Å². The first-order valence-corrected chi connectivity index (χ1v) is 9.39. The van der Waals surface area contributed by atoms with E-state index in [-0.39, 0.29) is 6.04 Å². The maximum absolute atomic E-state index is 12.8. The molecule has 3 heterocycles. The van der Waals surface area contributed by atoms with Gasteiger partial charge in [-0.15, -0.1) is 0 Å². The molecule has 0 radical (unpaired) electrons. The lowest BCUT2D eigenvalue weighted by Crippen LogP contribution is -2.42. The molecule has 0 spiro atoms. The van der Waals surface area contributed by atoms with Crippen molar-refractivity contribution in [2.45, 2.75) is 44.6 Å². The van der Waals surface area contributed by atoms with Crippen molar-refractivity contribution in [2.24, 2.45) is 0 Å². The zero-order chi connectivity index (χ0) is 17.3. The lowest BCUT2D eigenvalue weighted by Gasteiger charge is -2.31. The Morgan fingerprint density at radius 2 is 1.92 bits per heavy atom. The second kappa shape index (κ2) is 6.48. The Morgan fingerprint density at radius 1 is 1.21 bits per heavy atom. The number of piperidine rings is 1. The van der Waals surface area contributed by atoms with Crippen LogP contribution >= 0.6 is 0 Å². The predicted molar refractivity (Wildman–Crippen MR) is 90.2 cm³/mol. The first kappa shape index (κ1) is 16.8. The van der Waals surface area contributed by atoms with Gasteiger partial charge < -0.3 is 5.32 Å². The number of aromatic nitrogens is 4. The lowest BCUT2D eigenvalue weighted by atomic mass is 10.1. The van der Waals surface area contributed by atoms with Gasteiger partial charge in [0.05, 0.1) is 11.4 Å². The Hall–Kier alpha value is -2.00. The molecule has 1 saturated heterocycles. The molecule has 0 aromatic carbocycles. The molecule has 24 heavy (non-hydrogen) atoms. The van der Waals surface area contributed by atoms with Gasteiger partial charge in [0.1, 0.15) is 17.0 Å². The second-order valence-corrected chi connectivity index (χ2v) is 8.01. The topological polar surface area (TPSA) is 104 Å². The summed E-state index contributed by atoms with van der Waals surface area (Å²) in [5.41, 5.74) is 2.01. The zero-order valence-electron chi connectivity index (χ0n) is 14.1. The molecular weight excluding hydrogens is 328 g/mol. The van der Waals surface area contributed by atoms with Crippen molar-refractivity contribution in [3.8, 4) is 0 Å². The number of sulfonamides is 1. The maximum Gasteiger partial charge on any atom is 0.246 e. The van der Waals surface area contributed by atoms with E-state index in [0.29, 0.717) is 29.4 Å². The summed E-state index contributed by atoms with van der Waals surface area (Å²) in [4.78, 5) is 8.58. The van der Waals surface area contributed by atoms with E-state index in [0.717, 1.165) is 24.4 Å². The monoisotopic (exact) mass is 350 g/mol. The van der Waals surface area contributed by atoms with Gasteiger partial charge in [-0.05, 0) is 33.6 Å². The van der Waals surface area contributed by atoms with Gasteiger partial charge in [0.15, 0.2) is 0 Å². The van der Waals surface area contributed by atoms with Crippen molar-refractivity contribution in [1.82, 2.24) is 24.5 Å². The molecule has 2 aromatic heterocycles. The van der Waals surface area contributed by atoms with Gasteiger partial charge in [0, 0.05) is 30.9 Å². The highest BCUT2D eigenvalue weighted by Crippen LogP contribution is 2.25. The highest BCUT2D eigenvalue weighted by Gasteiger charge is 2.32. The van der Waals surface area contributed by atoms with Gasteiger partial charge in [-0.3, -0.25) is 5.10 Å². The van der Waals surface area contributed by atoms with Gasteiger partial charge in [0.2, 0.25) is 10.0 Å². The second-order valence-electron chi connectivity index (χ2n) is 6.13.